The van der Waals surface area contributed by atoms with Crippen molar-refractivity contribution in [3.05, 3.63) is 5.82 Å². The molecule has 5 heteroatoms. The molecule has 0 aliphatic heterocycles. The lowest BCUT2D eigenvalue weighted by atomic mass is 9.71. The molecule has 1 saturated carbocycles. The highest BCUT2D eigenvalue weighted by Gasteiger charge is 2.36. The van der Waals surface area contributed by atoms with E-state index in [0.717, 1.165) is 23.4 Å². The van der Waals surface area contributed by atoms with E-state index in [4.69, 9.17) is 0 Å². The SMILES string of the molecule is CCNC1CCC(C(C)(C)C)CC1Sc1n[nH]c(C)n1. The lowest BCUT2D eigenvalue weighted by Gasteiger charge is -2.41. The molecular weight excluding hydrogens is 268 g/mol. The van der Waals surface area contributed by atoms with E-state index < -0.39 is 0 Å². The second kappa shape index (κ2) is 6.48. The summed E-state index contributed by atoms with van der Waals surface area (Å²) in [6.07, 6.45) is 3.83. The second-order valence-corrected chi connectivity index (χ2v) is 8.11. The highest BCUT2D eigenvalue weighted by molar-refractivity contribution is 7.99. The summed E-state index contributed by atoms with van der Waals surface area (Å²) in [7, 11) is 0. The van der Waals surface area contributed by atoms with Crippen LogP contribution in [0.25, 0.3) is 0 Å². The Morgan fingerprint density at radius 3 is 2.65 bits per heavy atom. The van der Waals surface area contributed by atoms with Gasteiger partial charge in [-0.1, -0.05) is 39.5 Å². The van der Waals surface area contributed by atoms with Gasteiger partial charge in [-0.15, -0.1) is 5.10 Å². The third-order valence-corrected chi connectivity index (χ3v) is 5.53. The molecule has 0 radical (unpaired) electrons. The first-order valence-corrected chi connectivity index (χ1v) is 8.57. The Kier molecular flexibility index (Phi) is 5.13. The predicted octanol–water partition coefficient (Wildman–Crippen LogP) is 3.40. The second-order valence-electron chi connectivity index (χ2n) is 6.90. The summed E-state index contributed by atoms with van der Waals surface area (Å²) in [5.74, 6) is 1.69. The fraction of sp³-hybridized carbons (Fsp3) is 0.867. The van der Waals surface area contributed by atoms with Crippen LogP contribution in [0.4, 0.5) is 0 Å². The fourth-order valence-electron chi connectivity index (χ4n) is 3.05. The number of hydrogen-bond donors (Lipinski definition) is 2. The molecule has 0 spiro atoms. The Morgan fingerprint density at radius 2 is 2.10 bits per heavy atom. The smallest absolute Gasteiger partial charge is 0.208 e. The van der Waals surface area contributed by atoms with Crippen LogP contribution in [0.1, 0.15) is 52.8 Å². The molecule has 1 aliphatic carbocycles. The number of nitrogens with zero attached hydrogens (tertiary/aromatic N) is 2. The van der Waals surface area contributed by atoms with Gasteiger partial charge in [-0.05, 0) is 44.1 Å². The van der Waals surface area contributed by atoms with Gasteiger partial charge >= 0.3 is 0 Å². The first kappa shape index (κ1) is 15.8. The van der Waals surface area contributed by atoms with E-state index in [1.54, 1.807) is 0 Å². The van der Waals surface area contributed by atoms with Gasteiger partial charge in [0.15, 0.2) is 0 Å². The van der Waals surface area contributed by atoms with Gasteiger partial charge in [0.1, 0.15) is 5.82 Å². The predicted molar refractivity (Wildman–Crippen MR) is 85.0 cm³/mol. The Morgan fingerprint density at radius 1 is 1.35 bits per heavy atom. The van der Waals surface area contributed by atoms with Crippen molar-refractivity contribution in [1.29, 1.82) is 0 Å². The molecule has 114 valence electrons. The lowest BCUT2D eigenvalue weighted by molar-refractivity contribution is 0.165. The molecule has 4 nitrogen and oxygen atoms in total. The molecule has 0 bridgehead atoms. The number of aryl methyl sites for hydroxylation is 1. The summed E-state index contributed by atoms with van der Waals surface area (Å²) in [6.45, 7) is 12.3. The van der Waals surface area contributed by atoms with E-state index in [-0.39, 0.29) is 0 Å². The van der Waals surface area contributed by atoms with E-state index >= 15 is 0 Å². The number of H-pyrrole nitrogens is 1. The van der Waals surface area contributed by atoms with Crippen LogP contribution in [0, 0.1) is 18.3 Å². The van der Waals surface area contributed by atoms with E-state index in [9.17, 15) is 0 Å². The standard InChI is InChI=1S/C15H28N4S/c1-6-16-12-8-7-11(15(3,4)5)9-13(12)20-14-17-10(2)18-19-14/h11-13,16H,6-9H2,1-5H3,(H,17,18,19). The molecule has 1 aromatic rings. The number of nitrogens with one attached hydrogen (secondary N) is 2. The summed E-state index contributed by atoms with van der Waals surface area (Å²) in [5, 5.41) is 12.3. The number of aromatic amines is 1. The molecule has 1 heterocycles. The van der Waals surface area contributed by atoms with Crippen LogP contribution < -0.4 is 5.32 Å². The van der Waals surface area contributed by atoms with E-state index in [1.807, 2.05) is 18.7 Å². The Bertz CT molecular complexity index is 424. The van der Waals surface area contributed by atoms with Crippen molar-refractivity contribution in [2.45, 2.75) is 70.3 Å². The minimum Gasteiger partial charge on any atom is -0.313 e. The van der Waals surface area contributed by atoms with Gasteiger partial charge in [-0.25, -0.2) is 4.98 Å². The maximum absolute atomic E-state index is 4.46. The highest BCUT2D eigenvalue weighted by atomic mass is 32.2. The highest BCUT2D eigenvalue weighted by Crippen LogP contribution is 2.42. The number of rotatable bonds is 4. The van der Waals surface area contributed by atoms with Crippen LogP contribution >= 0.6 is 11.8 Å². The van der Waals surface area contributed by atoms with Gasteiger partial charge in [0.2, 0.25) is 5.16 Å². The minimum absolute atomic E-state index is 0.394. The summed E-state index contributed by atoms with van der Waals surface area (Å²) < 4.78 is 0. The van der Waals surface area contributed by atoms with Crippen LogP contribution in [0.2, 0.25) is 0 Å². The minimum atomic E-state index is 0.394. The van der Waals surface area contributed by atoms with Crippen molar-refractivity contribution >= 4 is 11.8 Å². The van der Waals surface area contributed by atoms with E-state index in [0.29, 0.717) is 16.7 Å². The van der Waals surface area contributed by atoms with Crippen molar-refractivity contribution < 1.29 is 0 Å². The molecule has 2 N–H and O–H groups in total. The van der Waals surface area contributed by atoms with Crippen molar-refractivity contribution in [3.8, 4) is 0 Å². The van der Waals surface area contributed by atoms with Crippen LogP contribution in [0.5, 0.6) is 0 Å². The first-order chi connectivity index (χ1) is 9.40. The van der Waals surface area contributed by atoms with Crippen molar-refractivity contribution in [2.24, 2.45) is 11.3 Å². The topological polar surface area (TPSA) is 53.6 Å². The molecule has 3 atom stereocenters. The van der Waals surface area contributed by atoms with Gasteiger partial charge in [-0.2, -0.15) is 0 Å². The summed E-state index contributed by atoms with van der Waals surface area (Å²) >= 11 is 1.84. The molecule has 20 heavy (non-hydrogen) atoms. The van der Waals surface area contributed by atoms with E-state index in [2.05, 4.69) is 48.2 Å². The zero-order valence-electron chi connectivity index (χ0n) is 13.4. The lowest BCUT2D eigenvalue weighted by Crippen LogP contribution is -2.44. The molecule has 2 rings (SSSR count). The fourth-order valence-corrected chi connectivity index (χ4v) is 4.34. The van der Waals surface area contributed by atoms with Crippen LogP contribution in [0.3, 0.4) is 0 Å². The molecular formula is C15H28N4S. The number of thioether (sulfide) groups is 1. The molecule has 1 aromatic heterocycles. The van der Waals surface area contributed by atoms with Crippen molar-refractivity contribution in [3.63, 3.8) is 0 Å². The van der Waals surface area contributed by atoms with Crippen molar-refractivity contribution in [1.82, 2.24) is 20.5 Å². The zero-order valence-corrected chi connectivity index (χ0v) is 14.2. The zero-order chi connectivity index (χ0) is 14.8. The monoisotopic (exact) mass is 296 g/mol. The summed E-state index contributed by atoms with van der Waals surface area (Å²) in [5.41, 5.74) is 0.394. The van der Waals surface area contributed by atoms with Gasteiger partial charge in [-0.3, -0.25) is 5.10 Å². The third-order valence-electron chi connectivity index (χ3n) is 4.32. The van der Waals surface area contributed by atoms with Gasteiger partial charge in [0, 0.05) is 11.3 Å². The number of hydrogen-bond acceptors (Lipinski definition) is 4. The van der Waals surface area contributed by atoms with Gasteiger partial charge in [0.25, 0.3) is 0 Å². The third kappa shape index (κ3) is 3.98. The normalized spacial score (nSPS) is 27.8. The van der Waals surface area contributed by atoms with Crippen LogP contribution in [-0.2, 0) is 0 Å². The molecule has 1 fully saturated rings. The largest absolute Gasteiger partial charge is 0.313 e. The Labute approximate surface area is 126 Å². The molecule has 0 amide bonds. The summed E-state index contributed by atoms with van der Waals surface area (Å²) in [6, 6.07) is 0.586. The van der Waals surface area contributed by atoms with Crippen LogP contribution in [-0.4, -0.2) is 33.0 Å². The number of aromatic nitrogens is 3. The quantitative estimate of drug-likeness (QED) is 0.894. The average Bonchev–Trinajstić information content (AvgIpc) is 2.76. The molecule has 1 aliphatic rings. The maximum Gasteiger partial charge on any atom is 0.208 e. The van der Waals surface area contributed by atoms with Crippen LogP contribution in [0.15, 0.2) is 5.16 Å². The van der Waals surface area contributed by atoms with Gasteiger partial charge in [0.05, 0.1) is 0 Å². The molecule has 3 unspecified atom stereocenters. The van der Waals surface area contributed by atoms with Crippen molar-refractivity contribution in [2.75, 3.05) is 6.54 Å². The Hall–Kier alpha value is -0.550. The summed E-state index contributed by atoms with van der Waals surface area (Å²) in [4.78, 5) is 4.46. The van der Waals surface area contributed by atoms with E-state index in [1.165, 1.54) is 19.3 Å². The first-order valence-electron chi connectivity index (χ1n) is 7.69. The molecule has 0 aromatic carbocycles. The molecule has 0 saturated heterocycles. The average molecular weight is 296 g/mol. The maximum atomic E-state index is 4.46. The Balaban J connectivity index is 2.06. The van der Waals surface area contributed by atoms with Gasteiger partial charge < -0.3 is 5.32 Å².